The van der Waals surface area contributed by atoms with Gasteiger partial charge in [0, 0.05) is 0 Å². The number of carboxylic acid groups (broad SMARTS) is 1. The number of methoxy groups -OCH3 is 1. The first kappa shape index (κ1) is 14.3. The molecule has 18 heavy (non-hydrogen) atoms. The van der Waals surface area contributed by atoms with Crippen molar-refractivity contribution in [3.05, 3.63) is 23.8 Å². The lowest BCUT2D eigenvalue weighted by molar-refractivity contribution is -0.140. The molecule has 0 aromatic heterocycles. The summed E-state index contributed by atoms with van der Waals surface area (Å²) in [4.78, 5) is 10.8. The van der Waals surface area contributed by atoms with E-state index in [1.54, 1.807) is 25.2 Å². The maximum Gasteiger partial charge on any atom is 0.324 e. The molecule has 1 rings (SSSR count). The molecule has 1 unspecified atom stereocenters. The number of benzene rings is 1. The monoisotopic (exact) mass is 255 g/mol. The van der Waals surface area contributed by atoms with Crippen molar-refractivity contribution in [2.24, 2.45) is 0 Å². The minimum Gasteiger partial charge on any atom is -0.493 e. The number of aliphatic hydroxyl groups excluding tert-OH is 1. The minimum atomic E-state index is -0.983. The molecule has 0 heterocycles. The van der Waals surface area contributed by atoms with Crippen LogP contribution in [0, 0.1) is 0 Å². The standard InChI is InChI=1S/C12H17NO5/c1-13-9(12(15)16)7-18-10-4-3-8(6-14)5-11(10)17-2/h3-5,9,13-14H,6-7H2,1-2H3,(H,15,16). The maximum atomic E-state index is 10.8. The smallest absolute Gasteiger partial charge is 0.324 e. The molecule has 1 atom stereocenters. The quantitative estimate of drug-likeness (QED) is 0.647. The Morgan fingerprint density at radius 3 is 2.67 bits per heavy atom. The highest BCUT2D eigenvalue weighted by Crippen LogP contribution is 2.28. The normalized spacial score (nSPS) is 11.9. The van der Waals surface area contributed by atoms with Gasteiger partial charge in [-0.2, -0.15) is 0 Å². The molecule has 0 radical (unpaired) electrons. The minimum absolute atomic E-state index is 0.0132. The van der Waals surface area contributed by atoms with Gasteiger partial charge in [0.1, 0.15) is 12.6 Å². The molecule has 6 nitrogen and oxygen atoms in total. The van der Waals surface area contributed by atoms with Gasteiger partial charge in [-0.05, 0) is 24.7 Å². The van der Waals surface area contributed by atoms with Crippen LogP contribution in [-0.2, 0) is 11.4 Å². The molecule has 0 aliphatic carbocycles. The number of carbonyl (C=O) groups is 1. The van der Waals surface area contributed by atoms with Crippen LogP contribution >= 0.6 is 0 Å². The summed E-state index contributed by atoms with van der Waals surface area (Å²) in [6, 6.07) is 4.18. The Labute approximate surface area is 105 Å². The van der Waals surface area contributed by atoms with Crippen LogP contribution in [0.15, 0.2) is 18.2 Å². The third kappa shape index (κ3) is 3.61. The largest absolute Gasteiger partial charge is 0.493 e. The van der Waals surface area contributed by atoms with Gasteiger partial charge in [0.05, 0.1) is 13.7 Å². The van der Waals surface area contributed by atoms with E-state index in [-0.39, 0.29) is 13.2 Å². The second-order valence-electron chi connectivity index (χ2n) is 3.63. The topological polar surface area (TPSA) is 88.0 Å². The van der Waals surface area contributed by atoms with Crippen molar-refractivity contribution in [3.63, 3.8) is 0 Å². The van der Waals surface area contributed by atoms with E-state index in [2.05, 4.69) is 5.32 Å². The van der Waals surface area contributed by atoms with Gasteiger partial charge in [0.2, 0.25) is 0 Å². The van der Waals surface area contributed by atoms with Gasteiger partial charge in [-0.15, -0.1) is 0 Å². The summed E-state index contributed by atoms with van der Waals surface area (Å²) in [5.41, 5.74) is 0.697. The number of likely N-dealkylation sites (N-methyl/N-ethyl adjacent to an activating group) is 1. The summed E-state index contributed by atoms with van der Waals surface area (Å²) >= 11 is 0. The predicted octanol–water partition coefficient (Wildman–Crippen LogP) is 0.239. The molecule has 0 aliphatic heterocycles. The van der Waals surface area contributed by atoms with E-state index in [0.29, 0.717) is 17.1 Å². The van der Waals surface area contributed by atoms with Crippen molar-refractivity contribution in [1.82, 2.24) is 5.32 Å². The molecule has 0 amide bonds. The number of aliphatic hydroxyl groups is 1. The van der Waals surface area contributed by atoms with Crippen LogP contribution in [0.1, 0.15) is 5.56 Å². The van der Waals surface area contributed by atoms with E-state index in [9.17, 15) is 4.79 Å². The lowest BCUT2D eigenvalue weighted by Crippen LogP contribution is -2.39. The van der Waals surface area contributed by atoms with Crippen LogP contribution in [0.4, 0.5) is 0 Å². The Bertz CT molecular complexity index is 407. The number of ether oxygens (including phenoxy) is 2. The molecule has 0 spiro atoms. The molecular formula is C12H17NO5. The second-order valence-corrected chi connectivity index (χ2v) is 3.63. The lowest BCUT2D eigenvalue weighted by Gasteiger charge is -2.15. The third-order valence-corrected chi connectivity index (χ3v) is 2.46. The lowest BCUT2D eigenvalue weighted by atomic mass is 10.2. The van der Waals surface area contributed by atoms with E-state index in [1.165, 1.54) is 7.11 Å². The van der Waals surface area contributed by atoms with Crippen LogP contribution in [0.25, 0.3) is 0 Å². The zero-order valence-electron chi connectivity index (χ0n) is 10.3. The van der Waals surface area contributed by atoms with E-state index in [0.717, 1.165) is 0 Å². The first-order valence-corrected chi connectivity index (χ1v) is 5.43. The number of rotatable bonds is 7. The van der Waals surface area contributed by atoms with Crippen LogP contribution in [-0.4, -0.2) is 43.0 Å². The van der Waals surface area contributed by atoms with E-state index >= 15 is 0 Å². The maximum absolute atomic E-state index is 10.8. The van der Waals surface area contributed by atoms with Crippen molar-refractivity contribution in [3.8, 4) is 11.5 Å². The van der Waals surface area contributed by atoms with Gasteiger partial charge in [-0.25, -0.2) is 0 Å². The zero-order valence-corrected chi connectivity index (χ0v) is 10.3. The highest BCUT2D eigenvalue weighted by atomic mass is 16.5. The van der Waals surface area contributed by atoms with E-state index in [4.69, 9.17) is 19.7 Å². The number of nitrogens with one attached hydrogen (secondary N) is 1. The highest BCUT2D eigenvalue weighted by Gasteiger charge is 2.16. The van der Waals surface area contributed by atoms with Gasteiger partial charge in [0.25, 0.3) is 0 Å². The molecule has 3 N–H and O–H groups in total. The molecule has 0 fully saturated rings. The third-order valence-electron chi connectivity index (χ3n) is 2.46. The summed E-state index contributed by atoms with van der Waals surface area (Å²) in [5.74, 6) is -0.0820. The summed E-state index contributed by atoms with van der Waals surface area (Å²) in [6.07, 6.45) is 0. The molecular weight excluding hydrogens is 238 g/mol. The summed E-state index contributed by atoms with van der Waals surface area (Å²) in [6.45, 7) is -0.106. The second kappa shape index (κ2) is 6.83. The Morgan fingerprint density at radius 1 is 1.44 bits per heavy atom. The fraction of sp³-hybridized carbons (Fsp3) is 0.417. The van der Waals surface area contributed by atoms with E-state index < -0.39 is 12.0 Å². The summed E-state index contributed by atoms with van der Waals surface area (Å²) < 4.78 is 10.5. The average Bonchev–Trinajstić information content (AvgIpc) is 2.39. The van der Waals surface area contributed by atoms with Crippen LogP contribution in [0.5, 0.6) is 11.5 Å². The Kier molecular flexibility index (Phi) is 5.41. The Morgan fingerprint density at radius 2 is 2.17 bits per heavy atom. The highest BCUT2D eigenvalue weighted by molar-refractivity contribution is 5.73. The molecule has 0 aliphatic rings. The van der Waals surface area contributed by atoms with Crippen LogP contribution < -0.4 is 14.8 Å². The van der Waals surface area contributed by atoms with Gasteiger partial charge in [-0.1, -0.05) is 6.07 Å². The van der Waals surface area contributed by atoms with Crippen molar-refractivity contribution in [2.45, 2.75) is 12.6 Å². The molecule has 1 aromatic rings. The molecule has 0 bridgehead atoms. The molecule has 0 saturated heterocycles. The van der Waals surface area contributed by atoms with E-state index in [1.807, 2.05) is 0 Å². The molecule has 0 saturated carbocycles. The number of hydrogen-bond donors (Lipinski definition) is 3. The van der Waals surface area contributed by atoms with Gasteiger partial charge < -0.3 is 25.0 Å². The summed E-state index contributed by atoms with van der Waals surface area (Å²) in [7, 11) is 3.03. The average molecular weight is 255 g/mol. The molecule has 100 valence electrons. The SMILES string of the molecule is CNC(COc1ccc(CO)cc1OC)C(=O)O. The van der Waals surface area contributed by atoms with Crippen molar-refractivity contribution in [2.75, 3.05) is 20.8 Å². The summed E-state index contributed by atoms with van der Waals surface area (Å²) in [5, 5.41) is 20.5. The van der Waals surface area contributed by atoms with Crippen LogP contribution in [0.3, 0.4) is 0 Å². The number of hydrogen-bond acceptors (Lipinski definition) is 5. The first-order chi connectivity index (χ1) is 8.62. The van der Waals surface area contributed by atoms with Gasteiger partial charge in [-0.3, -0.25) is 4.79 Å². The molecule has 1 aromatic carbocycles. The van der Waals surface area contributed by atoms with Crippen molar-refractivity contribution in [1.29, 1.82) is 0 Å². The van der Waals surface area contributed by atoms with Crippen molar-refractivity contribution >= 4 is 5.97 Å². The Hall–Kier alpha value is -1.79. The number of aliphatic carboxylic acids is 1. The van der Waals surface area contributed by atoms with Crippen LogP contribution in [0.2, 0.25) is 0 Å². The first-order valence-electron chi connectivity index (χ1n) is 5.43. The van der Waals surface area contributed by atoms with Crippen molar-refractivity contribution < 1.29 is 24.5 Å². The fourth-order valence-corrected chi connectivity index (χ4v) is 1.38. The van der Waals surface area contributed by atoms with Gasteiger partial charge in [0.15, 0.2) is 11.5 Å². The predicted molar refractivity (Wildman–Crippen MR) is 64.9 cm³/mol. The zero-order chi connectivity index (χ0) is 13.5. The fourth-order valence-electron chi connectivity index (χ4n) is 1.38. The number of carboxylic acids is 1. The molecule has 6 heteroatoms. The van der Waals surface area contributed by atoms with Gasteiger partial charge >= 0.3 is 5.97 Å². The Balaban J connectivity index is 2.75.